The number of hydrogen-bond donors (Lipinski definition) is 1. The maximum atomic E-state index is 9.25. The Hall–Kier alpha value is -3.39. The Balaban J connectivity index is 0.000000280. The van der Waals surface area contributed by atoms with E-state index < -0.39 is 5.97 Å². The molecular weight excluding hydrogens is 308 g/mol. The van der Waals surface area contributed by atoms with Crippen LogP contribution in [0.2, 0.25) is 0 Å². The lowest BCUT2D eigenvalue weighted by Gasteiger charge is -2.13. The molecule has 0 unspecified atom stereocenters. The molecule has 0 aliphatic carbocycles. The van der Waals surface area contributed by atoms with Crippen LogP contribution >= 0.6 is 0 Å². The standard InChI is InChI=1S/C20H12.C3H4O2/c1-5-13-6-2-11-17-18-12-4-8-14-7-3-10-16(20(14)18)15(9-1)19(13)17;1-2-3(4)5/h1-12H;2H,1H2,(H,4,5). The van der Waals surface area contributed by atoms with Crippen molar-refractivity contribution in [2.75, 3.05) is 0 Å². The quantitative estimate of drug-likeness (QED) is 0.233. The van der Waals surface area contributed by atoms with Gasteiger partial charge in [-0.1, -0.05) is 79.4 Å². The van der Waals surface area contributed by atoms with Gasteiger partial charge in [0.05, 0.1) is 0 Å². The third-order valence-electron chi connectivity index (χ3n) is 4.56. The second-order valence-corrected chi connectivity index (χ2v) is 5.96. The zero-order valence-electron chi connectivity index (χ0n) is 13.6. The van der Waals surface area contributed by atoms with Crippen LogP contribution in [0.4, 0.5) is 0 Å². The van der Waals surface area contributed by atoms with Gasteiger partial charge >= 0.3 is 5.97 Å². The molecule has 0 radical (unpaired) electrons. The van der Waals surface area contributed by atoms with Gasteiger partial charge in [0.2, 0.25) is 0 Å². The summed E-state index contributed by atoms with van der Waals surface area (Å²) >= 11 is 0. The van der Waals surface area contributed by atoms with Crippen LogP contribution in [0.1, 0.15) is 0 Å². The van der Waals surface area contributed by atoms with Crippen LogP contribution in [0, 0.1) is 0 Å². The fourth-order valence-corrected chi connectivity index (χ4v) is 3.58. The second kappa shape index (κ2) is 5.91. The molecule has 25 heavy (non-hydrogen) atoms. The minimum atomic E-state index is -0.981. The largest absolute Gasteiger partial charge is 0.478 e. The fourth-order valence-electron chi connectivity index (χ4n) is 3.58. The van der Waals surface area contributed by atoms with Gasteiger partial charge < -0.3 is 5.11 Å². The van der Waals surface area contributed by atoms with Crippen LogP contribution in [0.15, 0.2) is 85.5 Å². The highest BCUT2D eigenvalue weighted by Gasteiger charge is 2.11. The summed E-state index contributed by atoms with van der Waals surface area (Å²) in [5.41, 5.74) is 0. The van der Waals surface area contributed by atoms with Gasteiger partial charge in [-0.05, 0) is 43.1 Å². The number of fused-ring (bicyclic) bond motifs is 2. The smallest absolute Gasteiger partial charge is 0.327 e. The summed E-state index contributed by atoms with van der Waals surface area (Å²) in [4.78, 5) is 9.25. The average Bonchev–Trinajstić information content (AvgIpc) is 2.66. The van der Waals surface area contributed by atoms with Gasteiger partial charge in [0.15, 0.2) is 0 Å². The van der Waals surface area contributed by atoms with Gasteiger partial charge in [0.25, 0.3) is 0 Å². The van der Waals surface area contributed by atoms with Gasteiger partial charge in [-0.3, -0.25) is 0 Å². The minimum Gasteiger partial charge on any atom is -0.478 e. The van der Waals surface area contributed by atoms with E-state index in [4.69, 9.17) is 5.11 Å². The number of aliphatic carboxylic acids is 1. The van der Waals surface area contributed by atoms with E-state index in [1.54, 1.807) is 0 Å². The number of carboxylic acid groups (broad SMARTS) is 1. The summed E-state index contributed by atoms with van der Waals surface area (Å²) in [7, 11) is 0. The predicted molar refractivity (Wildman–Crippen MR) is 105 cm³/mol. The molecule has 1 N–H and O–H groups in total. The van der Waals surface area contributed by atoms with E-state index in [-0.39, 0.29) is 0 Å². The van der Waals surface area contributed by atoms with Crippen molar-refractivity contribution in [2.45, 2.75) is 0 Å². The van der Waals surface area contributed by atoms with Crippen LogP contribution in [-0.2, 0) is 4.79 Å². The first kappa shape index (κ1) is 15.2. The number of carboxylic acids is 1. The Morgan fingerprint density at radius 1 is 0.680 bits per heavy atom. The maximum Gasteiger partial charge on any atom is 0.327 e. The lowest BCUT2D eigenvalue weighted by molar-refractivity contribution is -0.131. The normalized spacial score (nSPS) is 10.9. The summed E-state index contributed by atoms with van der Waals surface area (Å²) in [5, 5.41) is 18.5. The van der Waals surface area contributed by atoms with Crippen molar-refractivity contribution in [3.63, 3.8) is 0 Å². The third kappa shape index (κ3) is 2.39. The molecule has 0 aliphatic heterocycles. The Morgan fingerprint density at radius 3 is 1.20 bits per heavy atom. The molecule has 120 valence electrons. The summed E-state index contributed by atoms with van der Waals surface area (Å²) in [6.45, 7) is 2.96. The first-order chi connectivity index (χ1) is 12.2. The molecule has 5 rings (SSSR count). The highest BCUT2D eigenvalue weighted by molar-refractivity contribution is 6.32. The molecular formula is C23H16O2. The third-order valence-corrected chi connectivity index (χ3v) is 4.56. The van der Waals surface area contributed by atoms with Crippen molar-refractivity contribution in [1.29, 1.82) is 0 Å². The maximum absolute atomic E-state index is 9.25. The second-order valence-electron chi connectivity index (χ2n) is 5.96. The molecule has 0 aliphatic rings. The molecule has 2 nitrogen and oxygen atoms in total. The SMILES string of the molecule is C=CC(=O)O.c1cc2cccc3c4cccc5cccc(c(c1)c23)c54. The monoisotopic (exact) mass is 324 g/mol. The Morgan fingerprint density at radius 2 is 0.960 bits per heavy atom. The van der Waals surface area contributed by atoms with Crippen molar-refractivity contribution < 1.29 is 9.90 Å². The van der Waals surface area contributed by atoms with Gasteiger partial charge in [0.1, 0.15) is 0 Å². The first-order valence-electron chi connectivity index (χ1n) is 8.10. The van der Waals surface area contributed by atoms with E-state index >= 15 is 0 Å². The number of benzene rings is 5. The van der Waals surface area contributed by atoms with E-state index in [1.165, 1.54) is 43.1 Å². The van der Waals surface area contributed by atoms with Crippen molar-refractivity contribution in [3.05, 3.63) is 85.5 Å². The average molecular weight is 324 g/mol. The molecule has 0 aromatic heterocycles. The molecule has 0 fully saturated rings. The molecule has 0 amide bonds. The van der Waals surface area contributed by atoms with Gasteiger partial charge in [-0.15, -0.1) is 0 Å². The van der Waals surface area contributed by atoms with E-state index in [0.717, 1.165) is 6.08 Å². The number of hydrogen-bond acceptors (Lipinski definition) is 1. The summed E-state index contributed by atoms with van der Waals surface area (Å²) < 4.78 is 0. The van der Waals surface area contributed by atoms with Crippen molar-refractivity contribution in [3.8, 4) is 0 Å². The lowest BCUT2D eigenvalue weighted by atomic mass is 9.90. The molecule has 0 atom stereocenters. The molecule has 0 spiro atoms. The van der Waals surface area contributed by atoms with Crippen LogP contribution in [0.25, 0.3) is 43.1 Å². The predicted octanol–water partition coefficient (Wildman–Crippen LogP) is 5.99. The van der Waals surface area contributed by atoms with Crippen molar-refractivity contribution in [2.24, 2.45) is 0 Å². The highest BCUT2D eigenvalue weighted by atomic mass is 16.4. The molecule has 2 heteroatoms. The first-order valence-corrected chi connectivity index (χ1v) is 8.10. The van der Waals surface area contributed by atoms with Crippen LogP contribution in [-0.4, -0.2) is 11.1 Å². The van der Waals surface area contributed by atoms with E-state index in [9.17, 15) is 4.79 Å². The van der Waals surface area contributed by atoms with E-state index in [0.29, 0.717) is 0 Å². The fraction of sp³-hybridized carbons (Fsp3) is 0. The molecule has 0 heterocycles. The van der Waals surface area contributed by atoms with Gasteiger partial charge in [-0.2, -0.15) is 0 Å². The summed E-state index contributed by atoms with van der Waals surface area (Å²) in [6.07, 6.45) is 0.833. The van der Waals surface area contributed by atoms with Crippen molar-refractivity contribution in [1.82, 2.24) is 0 Å². The number of rotatable bonds is 1. The van der Waals surface area contributed by atoms with E-state index in [1.807, 2.05) is 0 Å². The molecule has 5 aromatic rings. The summed E-state index contributed by atoms with van der Waals surface area (Å²) in [6, 6.07) is 26.4. The highest BCUT2D eigenvalue weighted by Crippen LogP contribution is 2.39. The minimum absolute atomic E-state index is 0.833. The van der Waals surface area contributed by atoms with Crippen molar-refractivity contribution >= 4 is 49.1 Å². The van der Waals surface area contributed by atoms with Crippen LogP contribution in [0.5, 0.6) is 0 Å². The van der Waals surface area contributed by atoms with E-state index in [2.05, 4.69) is 79.4 Å². The molecule has 0 bridgehead atoms. The number of carbonyl (C=O) groups is 1. The summed E-state index contributed by atoms with van der Waals surface area (Å²) in [5.74, 6) is -0.981. The Labute approximate surface area is 145 Å². The van der Waals surface area contributed by atoms with Gasteiger partial charge in [0, 0.05) is 6.08 Å². The Bertz CT molecular complexity index is 1070. The Kier molecular flexibility index (Phi) is 3.58. The zero-order valence-corrected chi connectivity index (χ0v) is 13.6. The topological polar surface area (TPSA) is 37.3 Å². The molecule has 0 saturated heterocycles. The van der Waals surface area contributed by atoms with Crippen LogP contribution in [0.3, 0.4) is 0 Å². The van der Waals surface area contributed by atoms with Crippen LogP contribution < -0.4 is 0 Å². The molecule has 5 aromatic carbocycles. The molecule has 0 saturated carbocycles. The van der Waals surface area contributed by atoms with Gasteiger partial charge in [-0.25, -0.2) is 4.79 Å². The lowest BCUT2D eigenvalue weighted by Crippen LogP contribution is -1.85. The zero-order chi connectivity index (χ0) is 17.4.